The van der Waals surface area contributed by atoms with Crippen LogP contribution in [0.5, 0.6) is 0 Å². The van der Waals surface area contributed by atoms with Crippen molar-refractivity contribution in [2.24, 2.45) is 0 Å². The highest BCUT2D eigenvalue weighted by molar-refractivity contribution is 5.98. The van der Waals surface area contributed by atoms with Crippen LogP contribution in [-0.2, 0) is 10.8 Å². The summed E-state index contributed by atoms with van der Waals surface area (Å²) in [6, 6.07) is 66.5. The van der Waals surface area contributed by atoms with Gasteiger partial charge in [0, 0.05) is 25.1 Å². The van der Waals surface area contributed by atoms with Gasteiger partial charge in [0.05, 0.1) is 11.1 Å². The van der Waals surface area contributed by atoms with E-state index in [2.05, 4.69) is 195 Å². The number of para-hydroxylation sites is 1. The molecule has 5 aliphatic rings. The third-order valence-corrected chi connectivity index (χ3v) is 16.2. The van der Waals surface area contributed by atoms with Gasteiger partial charge in [0.15, 0.2) is 0 Å². The molecule has 0 amide bonds. The fourth-order valence-corrected chi connectivity index (χ4v) is 13.1. The van der Waals surface area contributed by atoms with Crippen LogP contribution in [-0.4, -0.2) is 0 Å². The summed E-state index contributed by atoms with van der Waals surface area (Å²) in [5.41, 5.74) is 22.8. The largest absolute Gasteiger partial charge is 0.310 e. The quantitative estimate of drug-likeness (QED) is 0.161. The summed E-state index contributed by atoms with van der Waals surface area (Å²) in [4.78, 5) is 2.52. The maximum absolute atomic E-state index is 9.99. The predicted octanol–water partition coefficient (Wildman–Crippen LogP) is 17.6. The molecule has 1 heteroatoms. The first kappa shape index (κ1) is 36.9. The zero-order valence-electron chi connectivity index (χ0n) is 39.8. The Balaban J connectivity index is 1.09. The topological polar surface area (TPSA) is 3.24 Å². The highest BCUT2D eigenvalue weighted by atomic mass is 15.1. The van der Waals surface area contributed by atoms with E-state index in [1.807, 2.05) is 0 Å². The van der Waals surface area contributed by atoms with Gasteiger partial charge in [-0.2, -0.15) is 0 Å². The van der Waals surface area contributed by atoms with Gasteiger partial charge in [0.1, 0.15) is 0 Å². The Hall–Kier alpha value is -6.44. The first-order valence-corrected chi connectivity index (χ1v) is 24.4. The molecule has 1 spiro atoms. The lowest BCUT2D eigenvalue weighted by Gasteiger charge is -2.34. The number of nitrogens with zero attached hydrogens (tertiary/aromatic N) is 1. The van der Waals surface area contributed by atoms with Gasteiger partial charge >= 0.3 is 0 Å². The predicted molar refractivity (Wildman–Crippen MR) is 272 cm³/mol. The summed E-state index contributed by atoms with van der Waals surface area (Å²) in [6.45, 7) is 4.75. The SMILES string of the molecule is [2H]C1(c2ccc3c(c2)C2(c4ccccc4-c4ccc(N(c5ccc6c(c5)C(C)(C)c5ccccc5-6)c5ccccc5-c5ccccc5)cc42)c2cc(C4([2H])CCCCC4)ccc2-3)CCCCC1. The van der Waals surface area contributed by atoms with E-state index < -0.39 is 17.2 Å². The van der Waals surface area contributed by atoms with E-state index in [1.54, 1.807) is 0 Å². The summed E-state index contributed by atoms with van der Waals surface area (Å²) in [5.74, 6) is -1.22. The standard InChI is InChI=1S/C64H57N/c1-63(2)56-27-15-12-25-50(56)52-36-32-47(40-58(52)63)65(62-29-17-14-24-49(62)44-22-10-5-11-23-44)48-33-37-55-51-26-13-16-28-57(51)64(61(55)41-48)59-38-45(42-18-6-3-7-19-42)30-34-53(59)54-35-31-46(39-60(54)64)43-20-8-4-9-21-43/h5,10-17,22-43H,3-4,6-9,18-21H2,1-2H3/i42D,43D. The Kier molecular flexibility index (Phi) is 8.54. The molecular formula is C64H57N. The lowest BCUT2D eigenvalue weighted by molar-refractivity contribution is 0.443. The molecule has 0 heterocycles. The van der Waals surface area contributed by atoms with Gasteiger partial charge in [0.2, 0.25) is 0 Å². The number of rotatable bonds is 6. The molecule has 0 aliphatic heterocycles. The van der Waals surface area contributed by atoms with Crippen LogP contribution in [0.3, 0.4) is 0 Å². The first-order valence-electron chi connectivity index (χ1n) is 25.4. The lowest BCUT2D eigenvalue weighted by atomic mass is 9.69. The van der Waals surface area contributed by atoms with Crippen molar-refractivity contribution >= 4 is 17.1 Å². The van der Waals surface area contributed by atoms with Crippen molar-refractivity contribution < 1.29 is 2.74 Å². The minimum atomic E-state index is -0.638. The molecule has 1 nitrogen and oxygen atoms in total. The molecule has 0 saturated heterocycles. The van der Waals surface area contributed by atoms with Crippen LogP contribution in [0.25, 0.3) is 44.5 Å². The van der Waals surface area contributed by atoms with Crippen LogP contribution in [0.2, 0.25) is 0 Å². The molecule has 8 aromatic carbocycles. The van der Waals surface area contributed by atoms with E-state index >= 15 is 0 Å². The highest BCUT2D eigenvalue weighted by Gasteiger charge is 2.52. The summed E-state index contributed by atoms with van der Waals surface area (Å²) in [5, 5.41) is 0. The Morgan fingerprint density at radius 2 is 0.815 bits per heavy atom. The highest BCUT2D eigenvalue weighted by Crippen LogP contribution is 2.64. The second kappa shape index (κ2) is 15.1. The van der Waals surface area contributed by atoms with Crippen molar-refractivity contribution in [2.45, 2.75) is 101 Å². The number of hydrogen-bond acceptors (Lipinski definition) is 1. The molecule has 0 atom stereocenters. The van der Waals surface area contributed by atoms with E-state index in [0.29, 0.717) is 0 Å². The Labute approximate surface area is 388 Å². The third kappa shape index (κ3) is 5.83. The van der Waals surface area contributed by atoms with Crippen molar-refractivity contribution in [3.05, 3.63) is 220 Å². The monoisotopic (exact) mass is 841 g/mol. The molecule has 13 rings (SSSR count). The molecule has 0 bridgehead atoms. The van der Waals surface area contributed by atoms with Gasteiger partial charge in [-0.15, -0.1) is 0 Å². The van der Waals surface area contributed by atoms with E-state index in [1.165, 1.54) is 90.7 Å². The molecule has 0 unspecified atom stereocenters. The summed E-state index contributed by atoms with van der Waals surface area (Å²) < 4.78 is 20.0. The zero-order valence-corrected chi connectivity index (χ0v) is 37.8. The van der Waals surface area contributed by atoms with Crippen molar-refractivity contribution in [1.82, 2.24) is 0 Å². The fraction of sp³-hybridized carbons (Fsp3) is 0.250. The Bertz CT molecular complexity index is 3200. The molecule has 318 valence electrons. The van der Waals surface area contributed by atoms with Crippen molar-refractivity contribution in [2.75, 3.05) is 4.90 Å². The van der Waals surface area contributed by atoms with Crippen LogP contribution in [0.1, 0.15) is 137 Å². The third-order valence-electron chi connectivity index (χ3n) is 16.2. The molecule has 65 heavy (non-hydrogen) atoms. The van der Waals surface area contributed by atoms with Crippen LogP contribution in [0, 0.1) is 0 Å². The zero-order chi connectivity index (χ0) is 45.1. The van der Waals surface area contributed by atoms with E-state index in [4.69, 9.17) is 0 Å². The van der Waals surface area contributed by atoms with Gasteiger partial charge in [-0.25, -0.2) is 0 Å². The molecule has 0 radical (unpaired) electrons. The van der Waals surface area contributed by atoms with Gasteiger partial charge in [-0.3, -0.25) is 0 Å². The second-order valence-corrected chi connectivity index (χ2v) is 20.0. The van der Waals surface area contributed by atoms with Gasteiger partial charge in [0.25, 0.3) is 0 Å². The van der Waals surface area contributed by atoms with E-state index in [-0.39, 0.29) is 5.41 Å². The van der Waals surface area contributed by atoms with Crippen molar-refractivity contribution in [3.8, 4) is 44.5 Å². The molecule has 5 aliphatic carbocycles. The molecular weight excluding hydrogens is 783 g/mol. The number of hydrogen-bond donors (Lipinski definition) is 0. The van der Waals surface area contributed by atoms with Crippen LogP contribution in [0.4, 0.5) is 17.1 Å². The summed E-state index contributed by atoms with van der Waals surface area (Å²) in [6.07, 6.45) is 10.4. The number of fused-ring (bicyclic) bond motifs is 13. The van der Waals surface area contributed by atoms with Crippen molar-refractivity contribution in [1.29, 1.82) is 0 Å². The van der Waals surface area contributed by atoms with Crippen molar-refractivity contribution in [3.63, 3.8) is 0 Å². The first-order chi connectivity index (χ1) is 32.7. The fourth-order valence-electron chi connectivity index (χ4n) is 13.1. The average Bonchev–Trinajstić information content (AvgIpc) is 3.92. The van der Waals surface area contributed by atoms with Crippen LogP contribution >= 0.6 is 0 Å². The molecule has 8 aromatic rings. The normalized spacial score (nSPS) is 18.9. The maximum atomic E-state index is 9.99. The minimum absolute atomic E-state index is 0.163. The second-order valence-electron chi connectivity index (χ2n) is 20.0. The number of benzene rings is 8. The summed E-state index contributed by atoms with van der Waals surface area (Å²) >= 11 is 0. The molecule has 0 aromatic heterocycles. The van der Waals surface area contributed by atoms with Gasteiger partial charge in [-0.1, -0.05) is 198 Å². The number of anilines is 3. The van der Waals surface area contributed by atoms with Crippen LogP contribution in [0.15, 0.2) is 176 Å². The van der Waals surface area contributed by atoms with Gasteiger partial charge < -0.3 is 4.90 Å². The smallest absolute Gasteiger partial charge is 0.0726 e. The maximum Gasteiger partial charge on any atom is 0.0726 e. The summed E-state index contributed by atoms with van der Waals surface area (Å²) in [7, 11) is 0. The average molecular weight is 842 g/mol. The Morgan fingerprint density at radius 3 is 1.42 bits per heavy atom. The molecule has 2 saturated carbocycles. The molecule has 2 fully saturated rings. The van der Waals surface area contributed by atoms with E-state index in [0.717, 1.165) is 79.6 Å². The Morgan fingerprint density at radius 1 is 0.385 bits per heavy atom. The van der Waals surface area contributed by atoms with E-state index in [9.17, 15) is 2.74 Å². The lowest BCUT2D eigenvalue weighted by Crippen LogP contribution is -2.27. The minimum Gasteiger partial charge on any atom is -0.310 e. The van der Waals surface area contributed by atoms with Crippen LogP contribution < -0.4 is 4.90 Å². The molecule has 0 N–H and O–H groups in total. The van der Waals surface area contributed by atoms with Gasteiger partial charge in [-0.05, 0) is 151 Å².